The van der Waals surface area contributed by atoms with Crippen LogP contribution in [-0.2, 0) is 15.0 Å². The fourth-order valence-corrected chi connectivity index (χ4v) is 4.68. The number of Topliss-reactive ketones (excluding diaryl/α,β-unsaturated/α-hetero) is 1. The van der Waals surface area contributed by atoms with Crippen molar-refractivity contribution in [3.8, 4) is 5.75 Å². The molecule has 0 radical (unpaired) electrons. The van der Waals surface area contributed by atoms with Crippen LogP contribution in [0.4, 0.5) is 5.69 Å². The van der Waals surface area contributed by atoms with Crippen LogP contribution in [-0.4, -0.2) is 28.4 Å². The number of benzene rings is 2. The van der Waals surface area contributed by atoms with E-state index < -0.39 is 17.7 Å². The second-order valence-corrected chi connectivity index (χ2v) is 10.6. The molecule has 6 nitrogen and oxygen atoms in total. The first kappa shape index (κ1) is 26.1. The molecule has 1 unspecified atom stereocenters. The molecule has 37 heavy (non-hydrogen) atoms. The summed E-state index contributed by atoms with van der Waals surface area (Å²) in [6, 6.07) is 15.7. The highest BCUT2D eigenvalue weighted by molar-refractivity contribution is 6.51. The lowest BCUT2D eigenvalue weighted by molar-refractivity contribution is -0.132. The zero-order chi connectivity index (χ0) is 26.9. The molecule has 0 aliphatic carbocycles. The van der Waals surface area contributed by atoms with Crippen molar-refractivity contribution in [1.82, 2.24) is 4.98 Å². The molecule has 3 aromatic rings. The molecule has 1 aliphatic heterocycles. The first-order valence-corrected chi connectivity index (χ1v) is 12.6. The number of hydrogen-bond donors (Lipinski definition) is 1. The first-order chi connectivity index (χ1) is 17.5. The van der Waals surface area contributed by atoms with Gasteiger partial charge in [-0.1, -0.05) is 46.8 Å². The third-order valence-electron chi connectivity index (χ3n) is 6.67. The molecule has 6 heteroatoms. The predicted molar refractivity (Wildman–Crippen MR) is 146 cm³/mol. The van der Waals surface area contributed by atoms with E-state index in [1.54, 1.807) is 36.7 Å². The van der Waals surface area contributed by atoms with Gasteiger partial charge < -0.3 is 9.84 Å². The Morgan fingerprint density at radius 3 is 2.24 bits per heavy atom. The summed E-state index contributed by atoms with van der Waals surface area (Å²) in [5, 5.41) is 11.6. The Morgan fingerprint density at radius 2 is 1.68 bits per heavy atom. The van der Waals surface area contributed by atoms with Crippen molar-refractivity contribution >= 4 is 23.1 Å². The molecule has 1 atom stereocenters. The molecular weight excluding hydrogens is 464 g/mol. The summed E-state index contributed by atoms with van der Waals surface area (Å²) in [5.41, 5.74) is 3.55. The number of ether oxygens (including phenoxy) is 1. The SMILES string of the molecule is CCOc1ccc(/C(O)=C2/C(=O)C(=O)N(c3ccc(C(C)C)cc3)C2c2ccncc2)cc1C(C)(C)C. The standard InChI is InChI=1S/C31H34N2O4/c1-7-37-25-13-10-22(18-24(25)31(4,5)6)28(34)26-27(21-14-16-32-17-15-21)33(30(36)29(26)35)23-11-8-20(9-12-23)19(2)3/h8-19,27,34H,7H2,1-6H3/b28-26-. The Hall–Kier alpha value is -3.93. The van der Waals surface area contributed by atoms with Gasteiger partial charge in [0.25, 0.3) is 11.7 Å². The van der Waals surface area contributed by atoms with Gasteiger partial charge in [0.1, 0.15) is 11.5 Å². The minimum atomic E-state index is -0.794. The molecule has 1 aromatic heterocycles. The van der Waals surface area contributed by atoms with Crippen LogP contribution >= 0.6 is 0 Å². The first-order valence-electron chi connectivity index (χ1n) is 12.6. The van der Waals surface area contributed by atoms with E-state index in [1.165, 1.54) is 4.90 Å². The molecule has 192 valence electrons. The van der Waals surface area contributed by atoms with Gasteiger partial charge in [0.05, 0.1) is 18.2 Å². The quantitative estimate of drug-likeness (QED) is 0.238. The molecule has 1 N–H and O–H groups in total. The van der Waals surface area contributed by atoms with E-state index >= 15 is 0 Å². The van der Waals surface area contributed by atoms with Crippen LogP contribution in [0.15, 0.2) is 72.6 Å². The molecule has 1 amide bonds. The Balaban J connectivity index is 1.91. The molecule has 2 aromatic carbocycles. The van der Waals surface area contributed by atoms with E-state index in [0.717, 1.165) is 16.9 Å². The summed E-state index contributed by atoms with van der Waals surface area (Å²) in [6.45, 7) is 12.8. The zero-order valence-electron chi connectivity index (χ0n) is 22.3. The fourth-order valence-electron chi connectivity index (χ4n) is 4.68. The van der Waals surface area contributed by atoms with Gasteiger partial charge in [-0.3, -0.25) is 19.5 Å². The van der Waals surface area contributed by atoms with E-state index in [0.29, 0.717) is 29.3 Å². The van der Waals surface area contributed by atoms with Gasteiger partial charge in [-0.2, -0.15) is 0 Å². The molecular formula is C31H34N2O4. The van der Waals surface area contributed by atoms with E-state index in [9.17, 15) is 14.7 Å². The number of hydrogen-bond acceptors (Lipinski definition) is 5. The van der Waals surface area contributed by atoms with E-state index in [1.807, 2.05) is 37.3 Å². The van der Waals surface area contributed by atoms with Gasteiger partial charge in [0, 0.05) is 29.2 Å². The molecule has 0 bridgehead atoms. The Morgan fingerprint density at radius 1 is 1.03 bits per heavy atom. The molecule has 0 saturated carbocycles. The van der Waals surface area contributed by atoms with Crippen molar-refractivity contribution in [2.75, 3.05) is 11.5 Å². The van der Waals surface area contributed by atoms with E-state index in [4.69, 9.17) is 4.74 Å². The second-order valence-electron chi connectivity index (χ2n) is 10.6. The number of ketones is 1. The van der Waals surface area contributed by atoms with Gasteiger partial charge in [0.2, 0.25) is 0 Å². The minimum absolute atomic E-state index is 0.0492. The van der Waals surface area contributed by atoms with Crippen LogP contribution in [0.5, 0.6) is 5.75 Å². The van der Waals surface area contributed by atoms with Crippen molar-refractivity contribution in [3.05, 3.63) is 94.8 Å². The molecule has 4 rings (SSSR count). The van der Waals surface area contributed by atoms with E-state index in [-0.39, 0.29) is 16.7 Å². The van der Waals surface area contributed by atoms with Gasteiger partial charge in [-0.15, -0.1) is 0 Å². The van der Waals surface area contributed by atoms with Crippen LogP contribution in [0.2, 0.25) is 0 Å². The largest absolute Gasteiger partial charge is 0.507 e. The number of aliphatic hydroxyl groups excluding tert-OH is 1. The number of aromatic nitrogens is 1. The predicted octanol–water partition coefficient (Wildman–Crippen LogP) is 6.53. The third-order valence-corrected chi connectivity index (χ3v) is 6.67. The zero-order valence-corrected chi connectivity index (χ0v) is 22.3. The van der Waals surface area contributed by atoms with Crippen LogP contribution in [0.25, 0.3) is 5.76 Å². The normalized spacial score (nSPS) is 17.5. The Kier molecular flexibility index (Phi) is 7.21. The number of nitrogens with zero attached hydrogens (tertiary/aromatic N) is 2. The Labute approximate surface area is 218 Å². The molecule has 1 saturated heterocycles. The number of anilines is 1. The maximum Gasteiger partial charge on any atom is 0.300 e. The Bertz CT molecular complexity index is 1340. The smallest absolute Gasteiger partial charge is 0.300 e. The highest BCUT2D eigenvalue weighted by Gasteiger charge is 2.47. The molecule has 0 spiro atoms. The van der Waals surface area contributed by atoms with Crippen molar-refractivity contribution in [3.63, 3.8) is 0 Å². The lowest BCUT2D eigenvalue weighted by atomic mass is 9.84. The number of carbonyl (C=O) groups excluding carboxylic acids is 2. The van der Waals surface area contributed by atoms with Gasteiger partial charge in [-0.05, 0) is 71.8 Å². The summed E-state index contributed by atoms with van der Waals surface area (Å²) in [5.74, 6) is -0.559. The number of amides is 1. The maximum absolute atomic E-state index is 13.5. The fraction of sp³-hybridized carbons (Fsp3) is 0.323. The number of aliphatic hydroxyl groups is 1. The monoisotopic (exact) mass is 498 g/mol. The third kappa shape index (κ3) is 5.01. The number of rotatable bonds is 6. The van der Waals surface area contributed by atoms with Gasteiger partial charge in [-0.25, -0.2) is 0 Å². The highest BCUT2D eigenvalue weighted by atomic mass is 16.5. The highest BCUT2D eigenvalue weighted by Crippen LogP contribution is 2.43. The maximum atomic E-state index is 13.5. The lowest BCUT2D eigenvalue weighted by Crippen LogP contribution is -2.29. The lowest BCUT2D eigenvalue weighted by Gasteiger charge is -2.26. The summed E-state index contributed by atoms with van der Waals surface area (Å²) in [7, 11) is 0. The average molecular weight is 499 g/mol. The summed E-state index contributed by atoms with van der Waals surface area (Å²) < 4.78 is 5.82. The van der Waals surface area contributed by atoms with Crippen molar-refractivity contribution < 1.29 is 19.4 Å². The molecule has 2 heterocycles. The van der Waals surface area contributed by atoms with Crippen LogP contribution in [0.1, 0.15) is 75.8 Å². The van der Waals surface area contributed by atoms with Crippen LogP contribution in [0, 0.1) is 0 Å². The average Bonchev–Trinajstić information content (AvgIpc) is 3.14. The minimum Gasteiger partial charge on any atom is -0.507 e. The van der Waals surface area contributed by atoms with Crippen molar-refractivity contribution in [2.45, 2.75) is 58.9 Å². The topological polar surface area (TPSA) is 79.7 Å². The van der Waals surface area contributed by atoms with Gasteiger partial charge >= 0.3 is 0 Å². The molecule has 1 fully saturated rings. The summed E-state index contributed by atoms with van der Waals surface area (Å²) in [6.07, 6.45) is 3.23. The summed E-state index contributed by atoms with van der Waals surface area (Å²) in [4.78, 5) is 32.4. The van der Waals surface area contributed by atoms with Crippen LogP contribution in [0.3, 0.4) is 0 Å². The molecule has 1 aliphatic rings. The van der Waals surface area contributed by atoms with Crippen molar-refractivity contribution in [2.24, 2.45) is 0 Å². The number of carbonyl (C=O) groups is 2. The van der Waals surface area contributed by atoms with Crippen molar-refractivity contribution in [1.29, 1.82) is 0 Å². The second kappa shape index (κ2) is 10.2. The number of pyridine rings is 1. The summed E-state index contributed by atoms with van der Waals surface area (Å²) >= 11 is 0. The van der Waals surface area contributed by atoms with Gasteiger partial charge in [0.15, 0.2) is 0 Å². The van der Waals surface area contributed by atoms with E-state index in [2.05, 4.69) is 39.6 Å². The van der Waals surface area contributed by atoms with Crippen LogP contribution < -0.4 is 9.64 Å².